The number of nitrogens with one attached hydrogen (secondary N) is 1. The lowest BCUT2D eigenvalue weighted by Gasteiger charge is -2.22. The molecule has 0 unspecified atom stereocenters. The van der Waals surface area contributed by atoms with E-state index < -0.39 is 17.7 Å². The van der Waals surface area contributed by atoms with Gasteiger partial charge < -0.3 is 10.2 Å². The first-order chi connectivity index (χ1) is 8.58. The van der Waals surface area contributed by atoms with Gasteiger partial charge in [0.05, 0.1) is 5.69 Å². The Bertz CT molecular complexity index is 404. The second-order valence-electron chi connectivity index (χ2n) is 4.04. The highest BCUT2D eigenvalue weighted by molar-refractivity contribution is 5.89. The second-order valence-corrected chi connectivity index (χ2v) is 4.04. The van der Waals surface area contributed by atoms with E-state index in [1.165, 1.54) is 0 Å². The summed E-state index contributed by atoms with van der Waals surface area (Å²) in [6, 6.07) is 2.59. The summed E-state index contributed by atoms with van der Waals surface area (Å²) in [5.74, 6) is -1.22. The SMILES string of the molecule is CCCN(CCC)C(=O)Nc1cc(F)ccc1F. The van der Waals surface area contributed by atoms with Crippen LogP contribution < -0.4 is 5.32 Å². The first-order valence-corrected chi connectivity index (χ1v) is 6.09. The average molecular weight is 256 g/mol. The van der Waals surface area contributed by atoms with Crippen LogP contribution in [0.25, 0.3) is 0 Å². The lowest BCUT2D eigenvalue weighted by molar-refractivity contribution is 0.211. The van der Waals surface area contributed by atoms with Gasteiger partial charge in [-0.2, -0.15) is 0 Å². The first kappa shape index (κ1) is 14.4. The third kappa shape index (κ3) is 3.98. The fourth-order valence-electron chi connectivity index (χ4n) is 1.64. The predicted molar refractivity (Wildman–Crippen MR) is 67.5 cm³/mol. The average Bonchev–Trinajstić information content (AvgIpc) is 2.33. The van der Waals surface area contributed by atoms with Crippen molar-refractivity contribution in [3.8, 4) is 0 Å². The van der Waals surface area contributed by atoms with E-state index in [0.29, 0.717) is 13.1 Å². The summed E-state index contributed by atoms with van der Waals surface area (Å²) in [5.41, 5.74) is -0.128. The quantitative estimate of drug-likeness (QED) is 0.857. The van der Waals surface area contributed by atoms with E-state index >= 15 is 0 Å². The molecule has 0 bridgehead atoms. The van der Waals surface area contributed by atoms with Crippen molar-refractivity contribution in [3.05, 3.63) is 29.8 Å². The molecule has 0 saturated heterocycles. The van der Waals surface area contributed by atoms with Crippen molar-refractivity contribution in [1.82, 2.24) is 4.90 Å². The zero-order chi connectivity index (χ0) is 13.5. The van der Waals surface area contributed by atoms with E-state index in [1.54, 1.807) is 4.90 Å². The van der Waals surface area contributed by atoms with Gasteiger partial charge in [-0.1, -0.05) is 13.8 Å². The molecule has 2 amide bonds. The molecule has 0 saturated carbocycles. The number of hydrogen-bond donors (Lipinski definition) is 1. The normalized spacial score (nSPS) is 10.2. The number of amides is 2. The van der Waals surface area contributed by atoms with Gasteiger partial charge in [0, 0.05) is 19.2 Å². The smallest absolute Gasteiger partial charge is 0.321 e. The molecule has 0 heterocycles. The number of hydrogen-bond acceptors (Lipinski definition) is 1. The van der Waals surface area contributed by atoms with Crippen molar-refractivity contribution >= 4 is 11.7 Å². The molecule has 1 aromatic carbocycles. The number of rotatable bonds is 5. The van der Waals surface area contributed by atoms with Gasteiger partial charge >= 0.3 is 6.03 Å². The van der Waals surface area contributed by atoms with Crippen molar-refractivity contribution < 1.29 is 13.6 Å². The molecule has 5 heteroatoms. The zero-order valence-electron chi connectivity index (χ0n) is 10.7. The van der Waals surface area contributed by atoms with Gasteiger partial charge in [0.2, 0.25) is 0 Å². The van der Waals surface area contributed by atoms with E-state index in [0.717, 1.165) is 31.0 Å². The fourth-order valence-corrected chi connectivity index (χ4v) is 1.64. The van der Waals surface area contributed by atoms with Gasteiger partial charge in [0.1, 0.15) is 11.6 Å². The van der Waals surface area contributed by atoms with E-state index in [4.69, 9.17) is 0 Å². The Hall–Kier alpha value is -1.65. The summed E-state index contributed by atoms with van der Waals surface area (Å²) in [6.07, 6.45) is 1.64. The van der Waals surface area contributed by atoms with Gasteiger partial charge in [-0.3, -0.25) is 0 Å². The highest BCUT2D eigenvalue weighted by Gasteiger charge is 2.14. The third-order valence-electron chi connectivity index (χ3n) is 2.44. The molecule has 0 aromatic heterocycles. The first-order valence-electron chi connectivity index (χ1n) is 6.09. The number of anilines is 1. The Labute approximate surface area is 106 Å². The third-order valence-corrected chi connectivity index (χ3v) is 2.44. The Morgan fingerprint density at radius 1 is 1.22 bits per heavy atom. The maximum Gasteiger partial charge on any atom is 0.321 e. The Balaban J connectivity index is 2.75. The van der Waals surface area contributed by atoms with Gasteiger partial charge in [-0.15, -0.1) is 0 Å². The molecule has 3 nitrogen and oxygen atoms in total. The zero-order valence-corrected chi connectivity index (χ0v) is 10.7. The van der Waals surface area contributed by atoms with E-state index in [-0.39, 0.29) is 5.69 Å². The summed E-state index contributed by atoms with van der Waals surface area (Å²) in [6.45, 7) is 5.10. The topological polar surface area (TPSA) is 32.3 Å². The lowest BCUT2D eigenvalue weighted by atomic mass is 10.3. The van der Waals surface area contributed by atoms with Crippen LogP contribution in [0.4, 0.5) is 19.3 Å². The van der Waals surface area contributed by atoms with E-state index in [2.05, 4.69) is 5.32 Å². The highest BCUT2D eigenvalue weighted by Crippen LogP contribution is 2.16. The molecule has 0 radical (unpaired) electrons. The molecule has 0 fully saturated rings. The molecule has 1 N–H and O–H groups in total. The lowest BCUT2D eigenvalue weighted by Crippen LogP contribution is -2.36. The largest absolute Gasteiger partial charge is 0.325 e. The van der Waals surface area contributed by atoms with Crippen molar-refractivity contribution in [2.75, 3.05) is 18.4 Å². The fraction of sp³-hybridized carbons (Fsp3) is 0.462. The van der Waals surface area contributed by atoms with Gasteiger partial charge in [0.15, 0.2) is 0 Å². The monoisotopic (exact) mass is 256 g/mol. The number of carbonyl (C=O) groups excluding carboxylic acids is 1. The van der Waals surface area contributed by atoms with Crippen LogP contribution in [0.15, 0.2) is 18.2 Å². The molecule has 1 aromatic rings. The van der Waals surface area contributed by atoms with Crippen LogP contribution in [0, 0.1) is 11.6 Å². The summed E-state index contributed by atoms with van der Waals surface area (Å²) in [7, 11) is 0. The maximum absolute atomic E-state index is 13.4. The Morgan fingerprint density at radius 3 is 2.39 bits per heavy atom. The summed E-state index contributed by atoms with van der Waals surface area (Å²) >= 11 is 0. The van der Waals surface area contributed by atoms with Crippen molar-refractivity contribution in [2.24, 2.45) is 0 Å². The number of carbonyl (C=O) groups is 1. The maximum atomic E-state index is 13.4. The molecule has 0 aliphatic carbocycles. The van der Waals surface area contributed by atoms with Gasteiger partial charge in [-0.05, 0) is 25.0 Å². The van der Waals surface area contributed by atoms with Crippen LogP contribution in [0.3, 0.4) is 0 Å². The minimum absolute atomic E-state index is 0.128. The second kappa shape index (κ2) is 6.93. The number of benzene rings is 1. The van der Waals surface area contributed by atoms with Crippen molar-refractivity contribution in [1.29, 1.82) is 0 Å². The van der Waals surface area contributed by atoms with E-state index in [1.807, 2.05) is 13.8 Å². The number of urea groups is 1. The minimum atomic E-state index is -0.641. The molecule has 1 rings (SSSR count). The molecule has 0 aliphatic heterocycles. The van der Waals surface area contributed by atoms with Crippen LogP contribution in [-0.2, 0) is 0 Å². The highest BCUT2D eigenvalue weighted by atomic mass is 19.1. The van der Waals surface area contributed by atoms with Crippen LogP contribution in [0.2, 0.25) is 0 Å². The molecule has 18 heavy (non-hydrogen) atoms. The summed E-state index contributed by atoms with van der Waals surface area (Å²) in [5, 5.41) is 2.39. The molecule has 100 valence electrons. The molecule has 0 spiro atoms. The Kier molecular flexibility index (Phi) is 5.55. The van der Waals surface area contributed by atoms with Crippen molar-refractivity contribution in [3.63, 3.8) is 0 Å². The number of nitrogens with zero attached hydrogens (tertiary/aromatic N) is 1. The van der Waals surface area contributed by atoms with Gasteiger partial charge in [-0.25, -0.2) is 13.6 Å². The van der Waals surface area contributed by atoms with Crippen LogP contribution in [0.5, 0.6) is 0 Å². The number of halogens is 2. The standard InChI is InChI=1S/C13H18F2N2O/c1-3-7-17(8-4-2)13(18)16-12-9-10(14)5-6-11(12)15/h5-6,9H,3-4,7-8H2,1-2H3,(H,16,18). The van der Waals surface area contributed by atoms with Crippen LogP contribution in [-0.4, -0.2) is 24.0 Å². The molecule has 0 atom stereocenters. The predicted octanol–water partition coefficient (Wildman–Crippen LogP) is 3.62. The van der Waals surface area contributed by atoms with Crippen LogP contribution in [0.1, 0.15) is 26.7 Å². The molecular formula is C13H18F2N2O. The Morgan fingerprint density at radius 2 is 1.83 bits per heavy atom. The molecular weight excluding hydrogens is 238 g/mol. The molecule has 0 aliphatic rings. The van der Waals surface area contributed by atoms with Gasteiger partial charge in [0.25, 0.3) is 0 Å². The van der Waals surface area contributed by atoms with E-state index in [9.17, 15) is 13.6 Å². The summed E-state index contributed by atoms with van der Waals surface area (Å²) in [4.78, 5) is 13.5. The van der Waals surface area contributed by atoms with Crippen molar-refractivity contribution in [2.45, 2.75) is 26.7 Å². The minimum Gasteiger partial charge on any atom is -0.325 e. The summed E-state index contributed by atoms with van der Waals surface area (Å²) < 4.78 is 26.3. The van der Waals surface area contributed by atoms with Crippen LogP contribution >= 0.6 is 0 Å².